The van der Waals surface area contributed by atoms with Crippen LogP contribution in [0.2, 0.25) is 0 Å². The molecule has 0 unspecified atom stereocenters. The Hall–Kier alpha value is -4.04. The molecule has 0 aliphatic carbocycles. The van der Waals surface area contributed by atoms with Gasteiger partial charge in [-0.05, 0) is 29.0 Å². The molecule has 1 N–H and O–H groups in total. The SMILES string of the molecule is c1ccc(-c2cc(-c3nn4c(COc5ccc6ccccc6c5)nnc4s3)[nH]n2)cc1. The van der Waals surface area contributed by atoms with Crippen LogP contribution < -0.4 is 4.74 Å². The molecule has 3 aromatic carbocycles. The summed E-state index contributed by atoms with van der Waals surface area (Å²) in [6.07, 6.45) is 0. The van der Waals surface area contributed by atoms with Crippen LogP contribution in [0, 0.1) is 0 Å². The van der Waals surface area contributed by atoms with Crippen LogP contribution in [0.1, 0.15) is 5.82 Å². The second-order valence-electron chi connectivity index (χ2n) is 7.05. The van der Waals surface area contributed by atoms with Crippen molar-refractivity contribution in [3.05, 3.63) is 84.7 Å². The molecule has 6 rings (SSSR count). The molecule has 6 aromatic rings. The van der Waals surface area contributed by atoms with Gasteiger partial charge in [-0.2, -0.15) is 14.7 Å². The van der Waals surface area contributed by atoms with Crippen molar-refractivity contribution in [1.82, 2.24) is 30.0 Å². The van der Waals surface area contributed by atoms with Crippen LogP contribution in [0.3, 0.4) is 0 Å². The van der Waals surface area contributed by atoms with E-state index in [1.54, 1.807) is 4.52 Å². The number of hydrogen-bond donors (Lipinski definition) is 1. The largest absolute Gasteiger partial charge is 0.486 e. The summed E-state index contributed by atoms with van der Waals surface area (Å²) in [5, 5.41) is 23.7. The first kappa shape index (κ1) is 17.8. The lowest BCUT2D eigenvalue weighted by Crippen LogP contribution is -2.02. The first-order valence-corrected chi connectivity index (χ1v) is 10.6. The molecule has 0 aliphatic heterocycles. The van der Waals surface area contributed by atoms with Gasteiger partial charge in [-0.15, -0.1) is 10.2 Å². The number of H-pyrrole nitrogens is 1. The number of aromatic nitrogens is 6. The van der Waals surface area contributed by atoms with Gasteiger partial charge in [0.25, 0.3) is 0 Å². The van der Waals surface area contributed by atoms with Crippen molar-refractivity contribution in [3.8, 4) is 27.7 Å². The Bertz CT molecular complexity index is 1500. The van der Waals surface area contributed by atoms with Crippen LogP contribution in [-0.2, 0) is 6.61 Å². The lowest BCUT2D eigenvalue weighted by molar-refractivity contribution is 0.293. The third-order valence-electron chi connectivity index (χ3n) is 5.02. The quantitative estimate of drug-likeness (QED) is 0.422. The third-order valence-corrected chi connectivity index (χ3v) is 5.95. The zero-order valence-corrected chi connectivity index (χ0v) is 17.1. The zero-order valence-electron chi connectivity index (χ0n) is 16.3. The van der Waals surface area contributed by atoms with E-state index in [9.17, 15) is 0 Å². The Kier molecular flexibility index (Phi) is 4.21. The minimum atomic E-state index is 0.279. The standard InChI is InChI=1S/C23H16N6OS/c1-2-7-16(8-3-1)19-13-20(25-24-19)22-28-29-21(26-27-23(29)31-22)14-30-18-11-10-15-6-4-5-9-17(15)12-18/h1-13H,14H2,(H,24,25). The van der Waals surface area contributed by atoms with Gasteiger partial charge < -0.3 is 4.74 Å². The van der Waals surface area contributed by atoms with Gasteiger partial charge in [-0.25, -0.2) is 0 Å². The molecule has 7 nitrogen and oxygen atoms in total. The van der Waals surface area contributed by atoms with E-state index in [0.717, 1.165) is 33.1 Å². The maximum Gasteiger partial charge on any atom is 0.235 e. The number of benzene rings is 3. The van der Waals surface area contributed by atoms with E-state index < -0.39 is 0 Å². The third kappa shape index (κ3) is 3.32. The highest BCUT2D eigenvalue weighted by molar-refractivity contribution is 7.19. The van der Waals surface area contributed by atoms with Crippen molar-refractivity contribution in [2.45, 2.75) is 6.61 Å². The Balaban J connectivity index is 1.25. The van der Waals surface area contributed by atoms with Gasteiger partial charge >= 0.3 is 0 Å². The van der Waals surface area contributed by atoms with Crippen LogP contribution in [0.25, 0.3) is 37.7 Å². The van der Waals surface area contributed by atoms with Crippen LogP contribution >= 0.6 is 11.3 Å². The molecule has 0 bridgehead atoms. The van der Waals surface area contributed by atoms with Crippen molar-refractivity contribution >= 4 is 27.1 Å². The minimum Gasteiger partial charge on any atom is -0.486 e. The monoisotopic (exact) mass is 424 g/mol. The lowest BCUT2D eigenvalue weighted by Gasteiger charge is -2.05. The molecule has 3 aromatic heterocycles. The topological polar surface area (TPSA) is 81.0 Å². The summed E-state index contributed by atoms with van der Waals surface area (Å²) in [4.78, 5) is 0.711. The van der Waals surface area contributed by atoms with E-state index in [0.29, 0.717) is 10.8 Å². The van der Waals surface area contributed by atoms with E-state index in [-0.39, 0.29) is 6.61 Å². The number of ether oxygens (including phenoxy) is 1. The summed E-state index contributed by atoms with van der Waals surface area (Å²) >= 11 is 1.45. The number of nitrogens with one attached hydrogen (secondary N) is 1. The zero-order chi connectivity index (χ0) is 20.6. The van der Waals surface area contributed by atoms with Gasteiger partial charge in [0.1, 0.15) is 12.4 Å². The van der Waals surface area contributed by atoms with E-state index in [2.05, 4.69) is 37.6 Å². The number of rotatable bonds is 5. The highest BCUT2D eigenvalue weighted by Crippen LogP contribution is 2.28. The fourth-order valence-electron chi connectivity index (χ4n) is 3.45. The van der Waals surface area contributed by atoms with E-state index in [4.69, 9.17) is 4.74 Å². The first-order valence-electron chi connectivity index (χ1n) is 9.77. The van der Waals surface area contributed by atoms with Crippen molar-refractivity contribution in [2.24, 2.45) is 0 Å². The maximum atomic E-state index is 5.96. The van der Waals surface area contributed by atoms with E-state index in [1.807, 2.05) is 66.7 Å². The normalized spacial score (nSPS) is 11.4. The van der Waals surface area contributed by atoms with Gasteiger partial charge in [-0.1, -0.05) is 72.0 Å². The molecule has 0 saturated heterocycles. The van der Waals surface area contributed by atoms with Crippen LogP contribution in [0.4, 0.5) is 0 Å². The Labute approximate surface area is 181 Å². The van der Waals surface area contributed by atoms with E-state index in [1.165, 1.54) is 16.7 Å². The van der Waals surface area contributed by atoms with Crippen molar-refractivity contribution < 1.29 is 4.74 Å². The van der Waals surface area contributed by atoms with Crippen molar-refractivity contribution in [1.29, 1.82) is 0 Å². The second-order valence-corrected chi connectivity index (χ2v) is 8.00. The summed E-state index contributed by atoms with van der Waals surface area (Å²) in [5.74, 6) is 1.43. The summed E-state index contributed by atoms with van der Waals surface area (Å²) in [7, 11) is 0. The highest BCUT2D eigenvalue weighted by atomic mass is 32.1. The van der Waals surface area contributed by atoms with Crippen LogP contribution in [0.5, 0.6) is 5.75 Å². The Morgan fingerprint density at radius 3 is 2.61 bits per heavy atom. The highest BCUT2D eigenvalue weighted by Gasteiger charge is 2.15. The van der Waals surface area contributed by atoms with Gasteiger partial charge in [0.15, 0.2) is 10.8 Å². The molecule has 3 heterocycles. The molecular formula is C23H16N6OS. The second kappa shape index (κ2) is 7.33. The Morgan fingerprint density at radius 1 is 0.871 bits per heavy atom. The van der Waals surface area contributed by atoms with Crippen molar-refractivity contribution in [3.63, 3.8) is 0 Å². The minimum absolute atomic E-state index is 0.279. The molecule has 0 saturated carbocycles. The average Bonchev–Trinajstić information content (AvgIpc) is 3.54. The number of fused-ring (bicyclic) bond motifs is 2. The molecule has 0 radical (unpaired) electrons. The molecule has 150 valence electrons. The maximum absolute atomic E-state index is 5.96. The van der Waals surface area contributed by atoms with Crippen molar-refractivity contribution in [2.75, 3.05) is 0 Å². The smallest absolute Gasteiger partial charge is 0.235 e. The van der Waals surface area contributed by atoms with Gasteiger partial charge in [0.05, 0.1) is 11.4 Å². The fourth-order valence-corrected chi connectivity index (χ4v) is 4.27. The number of nitrogens with zero attached hydrogens (tertiary/aromatic N) is 5. The summed E-state index contributed by atoms with van der Waals surface area (Å²) in [6.45, 7) is 0.279. The molecule has 8 heteroatoms. The van der Waals surface area contributed by atoms with Gasteiger partial charge in [-0.3, -0.25) is 5.10 Å². The fraction of sp³-hybridized carbons (Fsp3) is 0.0435. The molecule has 0 spiro atoms. The van der Waals surface area contributed by atoms with E-state index >= 15 is 0 Å². The molecule has 0 aliphatic rings. The van der Waals surface area contributed by atoms with Gasteiger partial charge in [0.2, 0.25) is 4.96 Å². The van der Waals surface area contributed by atoms with Crippen LogP contribution in [0.15, 0.2) is 78.9 Å². The van der Waals surface area contributed by atoms with Gasteiger partial charge in [0, 0.05) is 5.56 Å². The average molecular weight is 424 g/mol. The molecule has 0 atom stereocenters. The predicted molar refractivity (Wildman–Crippen MR) is 120 cm³/mol. The molecule has 31 heavy (non-hydrogen) atoms. The first-order chi connectivity index (χ1) is 15.3. The summed E-state index contributed by atoms with van der Waals surface area (Å²) in [5.41, 5.74) is 2.77. The van der Waals surface area contributed by atoms with Crippen LogP contribution in [-0.4, -0.2) is 30.0 Å². The number of hydrogen-bond acceptors (Lipinski definition) is 6. The predicted octanol–water partition coefficient (Wildman–Crippen LogP) is 4.98. The molecular weight excluding hydrogens is 408 g/mol. The molecule has 0 amide bonds. The Morgan fingerprint density at radius 2 is 1.71 bits per heavy atom. The number of aromatic amines is 1. The molecule has 0 fully saturated rings. The summed E-state index contributed by atoms with van der Waals surface area (Å²) in [6, 6.07) is 26.3. The lowest BCUT2D eigenvalue weighted by atomic mass is 10.1. The summed E-state index contributed by atoms with van der Waals surface area (Å²) < 4.78 is 7.69.